The minimum Gasteiger partial charge on any atom is -0.322 e. The second-order valence-corrected chi connectivity index (χ2v) is 8.00. The predicted octanol–water partition coefficient (Wildman–Crippen LogP) is 4.81. The highest BCUT2D eigenvalue weighted by Crippen LogP contribution is 2.25. The van der Waals surface area contributed by atoms with E-state index in [-0.39, 0.29) is 6.03 Å². The normalized spacial score (nSPS) is 14.8. The fourth-order valence-corrected chi connectivity index (χ4v) is 4.11. The number of urea groups is 1. The van der Waals surface area contributed by atoms with E-state index in [1.54, 1.807) is 11.3 Å². The first-order chi connectivity index (χ1) is 13.7. The second kappa shape index (κ2) is 8.73. The van der Waals surface area contributed by atoms with Crippen LogP contribution < -0.4 is 5.32 Å². The van der Waals surface area contributed by atoms with Crippen molar-refractivity contribution in [3.8, 4) is 10.6 Å². The molecule has 0 radical (unpaired) electrons. The van der Waals surface area contributed by atoms with Crippen molar-refractivity contribution in [1.29, 1.82) is 0 Å². The average molecular weight is 413 g/mol. The van der Waals surface area contributed by atoms with Crippen molar-refractivity contribution in [2.24, 2.45) is 0 Å². The van der Waals surface area contributed by atoms with Crippen molar-refractivity contribution in [3.05, 3.63) is 70.7 Å². The highest BCUT2D eigenvalue weighted by atomic mass is 35.5. The van der Waals surface area contributed by atoms with Gasteiger partial charge in [-0.1, -0.05) is 41.9 Å². The number of nitrogens with zero attached hydrogens (tertiary/aromatic N) is 3. The minimum absolute atomic E-state index is 0.0375. The topological polar surface area (TPSA) is 48.5 Å². The van der Waals surface area contributed by atoms with E-state index in [4.69, 9.17) is 16.6 Å². The lowest BCUT2D eigenvalue weighted by atomic mass is 10.2. The summed E-state index contributed by atoms with van der Waals surface area (Å²) in [4.78, 5) is 21.4. The molecule has 1 aliphatic heterocycles. The molecule has 0 spiro atoms. The largest absolute Gasteiger partial charge is 0.322 e. The van der Waals surface area contributed by atoms with Crippen molar-refractivity contribution < 1.29 is 4.79 Å². The van der Waals surface area contributed by atoms with Gasteiger partial charge in [-0.25, -0.2) is 9.78 Å². The highest BCUT2D eigenvalue weighted by molar-refractivity contribution is 7.13. The third-order valence-corrected chi connectivity index (χ3v) is 5.91. The molecule has 1 saturated heterocycles. The Morgan fingerprint density at radius 3 is 2.46 bits per heavy atom. The number of halogens is 1. The Hall–Kier alpha value is -2.41. The van der Waals surface area contributed by atoms with Crippen LogP contribution in [-0.4, -0.2) is 47.0 Å². The summed E-state index contributed by atoms with van der Waals surface area (Å²) < 4.78 is 0. The van der Waals surface area contributed by atoms with Gasteiger partial charge in [0.1, 0.15) is 5.01 Å². The van der Waals surface area contributed by atoms with E-state index >= 15 is 0 Å². The Morgan fingerprint density at radius 2 is 1.75 bits per heavy atom. The van der Waals surface area contributed by atoms with Crippen LogP contribution in [0.1, 0.15) is 5.69 Å². The van der Waals surface area contributed by atoms with Gasteiger partial charge >= 0.3 is 6.03 Å². The summed E-state index contributed by atoms with van der Waals surface area (Å²) in [5.41, 5.74) is 2.98. The smallest absolute Gasteiger partial charge is 0.321 e. The number of thiazole rings is 1. The maximum absolute atomic E-state index is 12.4. The molecule has 7 heteroatoms. The standard InChI is InChI=1S/C21H21ClN4OS/c22-17-8-6-16(7-9-17)20-23-19(15-28-20)14-25-10-12-26(13-11-25)21(27)24-18-4-2-1-3-5-18/h1-9,15H,10-14H2,(H,24,27). The molecule has 1 aromatic heterocycles. The van der Waals surface area contributed by atoms with Gasteiger partial charge < -0.3 is 10.2 Å². The van der Waals surface area contributed by atoms with E-state index in [2.05, 4.69) is 15.6 Å². The zero-order valence-corrected chi connectivity index (χ0v) is 16.9. The summed E-state index contributed by atoms with van der Waals surface area (Å²) in [6.07, 6.45) is 0. The molecule has 2 aromatic carbocycles. The van der Waals surface area contributed by atoms with Crippen LogP contribution >= 0.6 is 22.9 Å². The van der Waals surface area contributed by atoms with Gasteiger partial charge in [0.15, 0.2) is 0 Å². The number of carbonyl (C=O) groups excluding carboxylic acids is 1. The van der Waals surface area contributed by atoms with Crippen molar-refractivity contribution in [1.82, 2.24) is 14.8 Å². The summed E-state index contributed by atoms with van der Waals surface area (Å²) in [6.45, 7) is 3.92. The number of hydrogen-bond donors (Lipinski definition) is 1. The summed E-state index contributed by atoms with van der Waals surface area (Å²) >= 11 is 7.60. The molecule has 5 nitrogen and oxygen atoms in total. The molecule has 28 heavy (non-hydrogen) atoms. The number of aromatic nitrogens is 1. The SMILES string of the molecule is O=C(Nc1ccccc1)N1CCN(Cc2csc(-c3ccc(Cl)cc3)n2)CC1. The monoisotopic (exact) mass is 412 g/mol. The molecule has 1 fully saturated rings. The number of rotatable bonds is 4. The first-order valence-corrected chi connectivity index (χ1v) is 10.5. The molecule has 144 valence electrons. The molecule has 1 aliphatic rings. The van der Waals surface area contributed by atoms with Crippen LogP contribution in [0.2, 0.25) is 5.02 Å². The van der Waals surface area contributed by atoms with Gasteiger partial charge in [0.2, 0.25) is 0 Å². The molecule has 0 saturated carbocycles. The number of benzene rings is 2. The van der Waals surface area contributed by atoms with Gasteiger partial charge in [0, 0.05) is 54.4 Å². The van der Waals surface area contributed by atoms with E-state index in [0.717, 1.165) is 46.6 Å². The first kappa shape index (κ1) is 18.9. The molecule has 0 unspecified atom stereocenters. The summed E-state index contributed by atoms with van der Waals surface area (Å²) in [5.74, 6) is 0. The molecule has 3 aromatic rings. The van der Waals surface area contributed by atoms with E-state index in [1.165, 1.54) is 0 Å². The summed E-state index contributed by atoms with van der Waals surface area (Å²) in [5, 5.41) is 6.80. The van der Waals surface area contributed by atoms with Crippen LogP contribution in [0.5, 0.6) is 0 Å². The van der Waals surface area contributed by atoms with Crippen molar-refractivity contribution in [2.75, 3.05) is 31.5 Å². The molecule has 2 heterocycles. The van der Waals surface area contributed by atoms with Crippen LogP contribution in [0.25, 0.3) is 10.6 Å². The van der Waals surface area contributed by atoms with E-state index < -0.39 is 0 Å². The number of anilines is 1. The van der Waals surface area contributed by atoms with E-state index in [1.807, 2.05) is 59.5 Å². The minimum atomic E-state index is -0.0375. The molecule has 0 atom stereocenters. The van der Waals surface area contributed by atoms with E-state index in [0.29, 0.717) is 13.1 Å². The number of piperazine rings is 1. The zero-order chi connectivity index (χ0) is 19.3. The maximum atomic E-state index is 12.4. The third kappa shape index (κ3) is 4.70. The van der Waals surface area contributed by atoms with Gasteiger partial charge in [-0.15, -0.1) is 11.3 Å². The van der Waals surface area contributed by atoms with Gasteiger partial charge in [-0.3, -0.25) is 4.90 Å². The molecular formula is C21H21ClN4OS. The molecular weight excluding hydrogens is 392 g/mol. The van der Waals surface area contributed by atoms with Crippen LogP contribution in [-0.2, 0) is 6.54 Å². The highest BCUT2D eigenvalue weighted by Gasteiger charge is 2.21. The van der Waals surface area contributed by atoms with Crippen LogP contribution in [0, 0.1) is 0 Å². The van der Waals surface area contributed by atoms with Crippen LogP contribution in [0.15, 0.2) is 60.0 Å². The van der Waals surface area contributed by atoms with Gasteiger partial charge in [0.25, 0.3) is 0 Å². The number of carbonyl (C=O) groups is 1. The lowest BCUT2D eigenvalue weighted by Crippen LogP contribution is -2.49. The van der Waals surface area contributed by atoms with Gasteiger partial charge in [0.05, 0.1) is 5.69 Å². The Morgan fingerprint density at radius 1 is 1.04 bits per heavy atom. The summed E-state index contributed by atoms with van der Waals surface area (Å²) in [7, 11) is 0. The quantitative estimate of drug-likeness (QED) is 0.668. The molecule has 0 bridgehead atoms. The van der Waals surface area contributed by atoms with Gasteiger partial charge in [-0.2, -0.15) is 0 Å². The number of hydrogen-bond acceptors (Lipinski definition) is 4. The Balaban J connectivity index is 1.29. The number of amides is 2. The van der Waals surface area contributed by atoms with Crippen molar-refractivity contribution >= 4 is 34.7 Å². The Bertz CT molecular complexity index is 921. The van der Waals surface area contributed by atoms with Crippen molar-refractivity contribution in [3.63, 3.8) is 0 Å². The van der Waals surface area contributed by atoms with Gasteiger partial charge in [-0.05, 0) is 24.3 Å². The summed E-state index contributed by atoms with van der Waals surface area (Å²) in [6, 6.07) is 17.3. The molecule has 1 N–H and O–H groups in total. The lowest BCUT2D eigenvalue weighted by molar-refractivity contribution is 0.142. The number of para-hydroxylation sites is 1. The third-order valence-electron chi connectivity index (χ3n) is 4.71. The average Bonchev–Trinajstić information content (AvgIpc) is 3.18. The molecule has 2 amide bonds. The Kier molecular flexibility index (Phi) is 5.90. The second-order valence-electron chi connectivity index (χ2n) is 6.71. The van der Waals surface area contributed by atoms with Crippen LogP contribution in [0.4, 0.5) is 10.5 Å². The fraction of sp³-hybridized carbons (Fsp3) is 0.238. The molecule has 4 rings (SSSR count). The lowest BCUT2D eigenvalue weighted by Gasteiger charge is -2.34. The fourth-order valence-electron chi connectivity index (χ4n) is 3.17. The number of nitrogens with one attached hydrogen (secondary N) is 1. The maximum Gasteiger partial charge on any atom is 0.321 e. The predicted molar refractivity (Wildman–Crippen MR) is 115 cm³/mol. The van der Waals surface area contributed by atoms with E-state index in [9.17, 15) is 4.79 Å². The Labute approximate surface area is 173 Å². The van der Waals surface area contributed by atoms with Crippen molar-refractivity contribution in [2.45, 2.75) is 6.54 Å². The van der Waals surface area contributed by atoms with Crippen LogP contribution in [0.3, 0.4) is 0 Å². The zero-order valence-electron chi connectivity index (χ0n) is 15.3. The molecule has 0 aliphatic carbocycles. The first-order valence-electron chi connectivity index (χ1n) is 9.21.